The van der Waals surface area contributed by atoms with Crippen LogP contribution in [0.1, 0.15) is 43.4 Å². The Labute approximate surface area is 116 Å². The summed E-state index contributed by atoms with van der Waals surface area (Å²) in [4.78, 5) is 0. The van der Waals surface area contributed by atoms with Crippen molar-refractivity contribution in [2.24, 2.45) is 5.92 Å². The van der Waals surface area contributed by atoms with Gasteiger partial charge in [-0.3, -0.25) is 0 Å². The van der Waals surface area contributed by atoms with Crippen LogP contribution in [-0.2, 0) is 11.2 Å². The summed E-state index contributed by atoms with van der Waals surface area (Å²) in [5.41, 5.74) is 3.20. The SMILES string of the molecule is Cc1ccc(C)c(CC2(O)CCOC(C(C)C)C2)c1. The van der Waals surface area contributed by atoms with E-state index < -0.39 is 5.60 Å². The molecule has 2 atom stereocenters. The van der Waals surface area contributed by atoms with E-state index in [2.05, 4.69) is 45.9 Å². The molecule has 1 saturated heterocycles. The van der Waals surface area contributed by atoms with Crippen molar-refractivity contribution in [2.75, 3.05) is 6.61 Å². The molecule has 0 radical (unpaired) electrons. The van der Waals surface area contributed by atoms with Crippen molar-refractivity contribution in [3.8, 4) is 0 Å². The van der Waals surface area contributed by atoms with E-state index in [1.165, 1.54) is 16.7 Å². The molecule has 1 aliphatic heterocycles. The van der Waals surface area contributed by atoms with Crippen molar-refractivity contribution in [1.29, 1.82) is 0 Å². The van der Waals surface area contributed by atoms with Gasteiger partial charge >= 0.3 is 0 Å². The maximum Gasteiger partial charge on any atom is 0.0734 e. The standard InChI is InChI=1S/C17H26O2/c1-12(2)16-11-17(18,7-8-19-16)10-15-9-13(3)5-6-14(15)4/h5-6,9,12,16,18H,7-8,10-11H2,1-4H3. The highest BCUT2D eigenvalue weighted by molar-refractivity contribution is 5.31. The molecule has 2 rings (SSSR count). The number of benzene rings is 1. The Bertz CT molecular complexity index is 439. The lowest BCUT2D eigenvalue weighted by molar-refractivity contribution is -0.116. The first-order valence-electron chi connectivity index (χ1n) is 7.30. The largest absolute Gasteiger partial charge is 0.389 e. The zero-order valence-corrected chi connectivity index (χ0v) is 12.6. The predicted molar refractivity (Wildman–Crippen MR) is 78.4 cm³/mol. The van der Waals surface area contributed by atoms with E-state index in [0.717, 1.165) is 19.3 Å². The molecule has 1 aromatic carbocycles. The topological polar surface area (TPSA) is 29.5 Å². The minimum atomic E-state index is -0.605. The molecule has 2 unspecified atom stereocenters. The van der Waals surface area contributed by atoms with Gasteiger partial charge in [0.15, 0.2) is 0 Å². The van der Waals surface area contributed by atoms with Gasteiger partial charge in [-0.1, -0.05) is 37.6 Å². The number of ether oxygens (including phenoxy) is 1. The van der Waals surface area contributed by atoms with Gasteiger partial charge in [0.05, 0.1) is 11.7 Å². The molecule has 0 aromatic heterocycles. The molecule has 0 bridgehead atoms. The summed E-state index contributed by atoms with van der Waals surface area (Å²) in [6.07, 6.45) is 2.42. The van der Waals surface area contributed by atoms with E-state index in [1.807, 2.05) is 0 Å². The smallest absolute Gasteiger partial charge is 0.0734 e. The van der Waals surface area contributed by atoms with Gasteiger partial charge in [0.2, 0.25) is 0 Å². The van der Waals surface area contributed by atoms with Crippen LogP contribution < -0.4 is 0 Å². The zero-order valence-electron chi connectivity index (χ0n) is 12.6. The summed E-state index contributed by atoms with van der Waals surface area (Å²) in [5, 5.41) is 10.9. The first kappa shape index (κ1) is 14.5. The van der Waals surface area contributed by atoms with Crippen molar-refractivity contribution in [1.82, 2.24) is 0 Å². The number of aliphatic hydroxyl groups is 1. The molecule has 1 N–H and O–H groups in total. The van der Waals surface area contributed by atoms with Gasteiger partial charge in [-0.15, -0.1) is 0 Å². The Hall–Kier alpha value is -0.860. The maximum absolute atomic E-state index is 10.9. The molecule has 106 valence electrons. The van der Waals surface area contributed by atoms with Crippen LogP contribution in [0.5, 0.6) is 0 Å². The second kappa shape index (κ2) is 5.64. The van der Waals surface area contributed by atoms with E-state index in [9.17, 15) is 5.11 Å². The third-order valence-electron chi connectivity index (χ3n) is 4.25. The molecule has 1 heterocycles. The van der Waals surface area contributed by atoms with Crippen LogP contribution in [-0.4, -0.2) is 23.4 Å². The summed E-state index contributed by atoms with van der Waals surface area (Å²) in [6.45, 7) is 9.22. The van der Waals surface area contributed by atoms with Crippen LogP contribution in [0, 0.1) is 19.8 Å². The van der Waals surface area contributed by atoms with Crippen molar-refractivity contribution >= 4 is 0 Å². The van der Waals surface area contributed by atoms with Gasteiger partial charge < -0.3 is 9.84 Å². The summed E-state index contributed by atoms with van der Waals surface area (Å²) < 4.78 is 5.77. The van der Waals surface area contributed by atoms with E-state index >= 15 is 0 Å². The fourth-order valence-electron chi connectivity index (χ4n) is 2.87. The highest BCUT2D eigenvalue weighted by Gasteiger charge is 2.36. The summed E-state index contributed by atoms with van der Waals surface area (Å²) >= 11 is 0. The van der Waals surface area contributed by atoms with E-state index in [0.29, 0.717) is 12.5 Å². The molecule has 1 aromatic rings. The zero-order chi connectivity index (χ0) is 14.0. The minimum absolute atomic E-state index is 0.184. The normalized spacial score (nSPS) is 27.8. The molecule has 0 saturated carbocycles. The molecule has 2 heteroatoms. The van der Waals surface area contributed by atoms with Crippen LogP contribution in [0.4, 0.5) is 0 Å². The maximum atomic E-state index is 10.9. The number of rotatable bonds is 3. The monoisotopic (exact) mass is 262 g/mol. The Morgan fingerprint density at radius 1 is 1.37 bits per heavy atom. The molecule has 0 spiro atoms. The van der Waals surface area contributed by atoms with Crippen LogP contribution in [0.15, 0.2) is 18.2 Å². The van der Waals surface area contributed by atoms with Gasteiger partial charge in [-0.25, -0.2) is 0 Å². The first-order valence-corrected chi connectivity index (χ1v) is 7.30. The Kier molecular flexibility index (Phi) is 4.32. The van der Waals surface area contributed by atoms with Crippen molar-refractivity contribution in [2.45, 2.75) is 58.7 Å². The third kappa shape index (κ3) is 3.58. The molecular formula is C17H26O2. The summed E-state index contributed by atoms with van der Waals surface area (Å²) in [7, 11) is 0. The number of aryl methyl sites for hydroxylation is 2. The average Bonchev–Trinajstić information content (AvgIpc) is 2.33. The minimum Gasteiger partial charge on any atom is -0.389 e. The Morgan fingerprint density at radius 3 is 2.79 bits per heavy atom. The van der Waals surface area contributed by atoms with Crippen LogP contribution in [0.25, 0.3) is 0 Å². The van der Waals surface area contributed by atoms with Gasteiger partial charge in [0, 0.05) is 19.4 Å². The first-order chi connectivity index (χ1) is 8.89. The van der Waals surface area contributed by atoms with E-state index in [-0.39, 0.29) is 6.10 Å². The second-order valence-corrected chi connectivity index (χ2v) is 6.44. The van der Waals surface area contributed by atoms with Crippen LogP contribution in [0.2, 0.25) is 0 Å². The highest BCUT2D eigenvalue weighted by atomic mass is 16.5. The van der Waals surface area contributed by atoms with E-state index in [1.54, 1.807) is 0 Å². The number of hydrogen-bond donors (Lipinski definition) is 1. The summed E-state index contributed by atoms with van der Waals surface area (Å²) in [5.74, 6) is 0.463. The van der Waals surface area contributed by atoms with Crippen molar-refractivity contribution in [3.63, 3.8) is 0 Å². The van der Waals surface area contributed by atoms with Crippen molar-refractivity contribution < 1.29 is 9.84 Å². The molecular weight excluding hydrogens is 236 g/mol. The lowest BCUT2D eigenvalue weighted by Crippen LogP contribution is -2.44. The average molecular weight is 262 g/mol. The van der Waals surface area contributed by atoms with Gasteiger partial charge in [0.25, 0.3) is 0 Å². The lowest BCUT2D eigenvalue weighted by atomic mass is 9.81. The Balaban J connectivity index is 2.14. The van der Waals surface area contributed by atoms with Crippen LogP contribution >= 0.6 is 0 Å². The molecule has 19 heavy (non-hydrogen) atoms. The second-order valence-electron chi connectivity index (χ2n) is 6.44. The molecule has 0 aliphatic carbocycles. The Morgan fingerprint density at radius 2 is 2.11 bits per heavy atom. The molecule has 0 amide bonds. The fourth-order valence-corrected chi connectivity index (χ4v) is 2.87. The lowest BCUT2D eigenvalue weighted by Gasteiger charge is -2.39. The third-order valence-corrected chi connectivity index (χ3v) is 4.25. The van der Waals surface area contributed by atoms with Crippen molar-refractivity contribution in [3.05, 3.63) is 34.9 Å². The predicted octanol–water partition coefficient (Wildman–Crippen LogP) is 3.41. The van der Waals surface area contributed by atoms with Crippen LogP contribution in [0.3, 0.4) is 0 Å². The molecule has 2 nitrogen and oxygen atoms in total. The molecule has 1 aliphatic rings. The van der Waals surface area contributed by atoms with E-state index in [4.69, 9.17) is 4.74 Å². The number of hydrogen-bond acceptors (Lipinski definition) is 2. The highest BCUT2D eigenvalue weighted by Crippen LogP contribution is 2.32. The van der Waals surface area contributed by atoms with Gasteiger partial charge in [-0.05, 0) is 37.3 Å². The molecule has 1 fully saturated rings. The fraction of sp³-hybridized carbons (Fsp3) is 0.647. The van der Waals surface area contributed by atoms with Gasteiger partial charge in [-0.2, -0.15) is 0 Å². The summed E-state index contributed by atoms with van der Waals surface area (Å²) in [6, 6.07) is 6.48. The quantitative estimate of drug-likeness (QED) is 0.904. The van der Waals surface area contributed by atoms with Gasteiger partial charge in [0.1, 0.15) is 0 Å².